The lowest BCUT2D eigenvalue weighted by molar-refractivity contribution is 0.354. The summed E-state index contributed by atoms with van der Waals surface area (Å²) in [6.45, 7) is 4.47. The fourth-order valence-corrected chi connectivity index (χ4v) is 3.32. The Morgan fingerprint density at radius 2 is 2.12 bits per heavy atom. The number of hydrogen-bond acceptors (Lipinski definition) is 3. The van der Waals surface area contributed by atoms with E-state index >= 15 is 0 Å². The number of rotatable bonds is 6. The van der Waals surface area contributed by atoms with Gasteiger partial charge >= 0.3 is 0 Å². The monoisotopic (exact) mass is 254 g/mol. The summed E-state index contributed by atoms with van der Waals surface area (Å²) in [6, 6.07) is 3.48. The van der Waals surface area contributed by atoms with E-state index in [0.717, 1.165) is 6.42 Å². The minimum atomic E-state index is 0.235. The van der Waals surface area contributed by atoms with Crippen LogP contribution in [0.15, 0.2) is 0 Å². The lowest BCUT2D eigenvalue weighted by atomic mass is 9.95. The first-order chi connectivity index (χ1) is 8.27. The van der Waals surface area contributed by atoms with E-state index < -0.39 is 0 Å². The van der Waals surface area contributed by atoms with Crippen LogP contribution in [0.1, 0.15) is 52.4 Å². The molecule has 1 fully saturated rings. The second kappa shape index (κ2) is 8.83. The predicted molar refractivity (Wildman–Crippen MR) is 76.2 cm³/mol. The highest BCUT2D eigenvalue weighted by Crippen LogP contribution is 2.23. The van der Waals surface area contributed by atoms with Gasteiger partial charge < -0.3 is 5.32 Å². The van der Waals surface area contributed by atoms with Crippen LogP contribution in [-0.2, 0) is 0 Å². The highest BCUT2D eigenvalue weighted by atomic mass is 32.2. The van der Waals surface area contributed by atoms with Gasteiger partial charge in [-0.05, 0) is 37.7 Å². The molecule has 0 aromatic rings. The lowest BCUT2D eigenvalue weighted by Crippen LogP contribution is -2.41. The molecular formula is C14H26N2S. The van der Waals surface area contributed by atoms with Crippen LogP contribution in [0.5, 0.6) is 0 Å². The van der Waals surface area contributed by atoms with E-state index in [1.807, 2.05) is 11.8 Å². The van der Waals surface area contributed by atoms with Gasteiger partial charge in [-0.15, -0.1) is 0 Å². The summed E-state index contributed by atoms with van der Waals surface area (Å²) in [6.07, 6.45) is 7.31. The molecule has 2 nitrogen and oxygen atoms in total. The largest absolute Gasteiger partial charge is 0.310 e. The number of hydrogen-bond donors (Lipinski definition) is 1. The van der Waals surface area contributed by atoms with Gasteiger partial charge in [-0.2, -0.15) is 17.0 Å². The zero-order valence-electron chi connectivity index (χ0n) is 11.2. The van der Waals surface area contributed by atoms with Crippen molar-refractivity contribution < 1.29 is 0 Å². The van der Waals surface area contributed by atoms with Gasteiger partial charge in [-0.25, -0.2) is 0 Å². The Morgan fingerprint density at radius 1 is 1.35 bits per heavy atom. The van der Waals surface area contributed by atoms with Crippen LogP contribution in [0.2, 0.25) is 0 Å². The van der Waals surface area contributed by atoms with Crippen LogP contribution in [0, 0.1) is 17.2 Å². The van der Waals surface area contributed by atoms with Gasteiger partial charge in [0.15, 0.2) is 0 Å². The fourth-order valence-electron chi connectivity index (χ4n) is 2.51. The molecule has 0 aromatic carbocycles. The third-order valence-electron chi connectivity index (χ3n) is 3.58. The maximum atomic E-state index is 9.22. The first kappa shape index (κ1) is 14.9. The Balaban J connectivity index is 2.33. The molecule has 0 radical (unpaired) electrons. The van der Waals surface area contributed by atoms with Crippen molar-refractivity contribution in [2.24, 2.45) is 5.92 Å². The van der Waals surface area contributed by atoms with Crippen molar-refractivity contribution in [1.29, 1.82) is 5.26 Å². The molecule has 3 unspecified atom stereocenters. The summed E-state index contributed by atoms with van der Waals surface area (Å²) < 4.78 is 0. The van der Waals surface area contributed by atoms with E-state index in [2.05, 4.69) is 25.2 Å². The number of nitrogens with zero attached hydrogens (tertiary/aromatic N) is 1. The summed E-state index contributed by atoms with van der Waals surface area (Å²) in [5.41, 5.74) is 0. The minimum Gasteiger partial charge on any atom is -0.310 e. The number of nitrogens with one attached hydrogen (secondary N) is 1. The molecule has 0 aliphatic heterocycles. The predicted octanol–water partition coefficient (Wildman–Crippen LogP) is 3.58. The quantitative estimate of drug-likeness (QED) is 0.581. The van der Waals surface area contributed by atoms with Crippen LogP contribution in [-0.4, -0.2) is 23.6 Å². The highest BCUT2D eigenvalue weighted by molar-refractivity contribution is 7.99. The Bertz CT molecular complexity index is 237. The molecule has 17 heavy (non-hydrogen) atoms. The molecule has 0 aromatic heterocycles. The SMILES string of the molecule is CCSCCC(C)NC1CCCCCC1C#N. The molecular weight excluding hydrogens is 228 g/mol. The average molecular weight is 254 g/mol. The molecule has 0 saturated heterocycles. The second-order valence-corrected chi connectivity index (χ2v) is 6.43. The molecule has 1 rings (SSSR count). The van der Waals surface area contributed by atoms with Crippen molar-refractivity contribution in [2.45, 2.75) is 64.5 Å². The standard InChI is InChI=1S/C14H26N2S/c1-3-17-10-9-12(2)16-14-8-6-4-5-7-13(14)11-15/h12-14,16H,3-10H2,1-2H3. The van der Waals surface area contributed by atoms with Gasteiger partial charge in [0.25, 0.3) is 0 Å². The fraction of sp³-hybridized carbons (Fsp3) is 0.929. The first-order valence-corrected chi connectivity index (χ1v) is 8.16. The van der Waals surface area contributed by atoms with Crippen molar-refractivity contribution in [3.05, 3.63) is 0 Å². The van der Waals surface area contributed by atoms with Gasteiger partial charge in [0.1, 0.15) is 0 Å². The molecule has 1 aliphatic rings. The molecule has 0 bridgehead atoms. The van der Waals surface area contributed by atoms with E-state index in [0.29, 0.717) is 12.1 Å². The number of thioether (sulfide) groups is 1. The average Bonchev–Trinajstić information content (AvgIpc) is 2.54. The van der Waals surface area contributed by atoms with E-state index in [1.165, 1.54) is 43.6 Å². The number of nitriles is 1. The first-order valence-electron chi connectivity index (χ1n) is 7.01. The van der Waals surface area contributed by atoms with E-state index in [4.69, 9.17) is 0 Å². The van der Waals surface area contributed by atoms with Crippen molar-refractivity contribution in [3.8, 4) is 6.07 Å². The molecule has 1 saturated carbocycles. The highest BCUT2D eigenvalue weighted by Gasteiger charge is 2.24. The summed E-state index contributed by atoms with van der Waals surface area (Å²) in [5.74, 6) is 2.67. The molecule has 3 atom stereocenters. The van der Waals surface area contributed by atoms with E-state index in [-0.39, 0.29) is 5.92 Å². The van der Waals surface area contributed by atoms with Gasteiger partial charge in [0.2, 0.25) is 0 Å². The van der Waals surface area contributed by atoms with Crippen molar-refractivity contribution in [2.75, 3.05) is 11.5 Å². The zero-order valence-corrected chi connectivity index (χ0v) is 12.1. The zero-order chi connectivity index (χ0) is 12.5. The third-order valence-corrected chi connectivity index (χ3v) is 4.51. The third kappa shape index (κ3) is 5.79. The molecule has 0 spiro atoms. The Hall–Kier alpha value is -0.200. The second-order valence-electron chi connectivity index (χ2n) is 5.03. The van der Waals surface area contributed by atoms with Gasteiger partial charge in [0, 0.05) is 12.1 Å². The van der Waals surface area contributed by atoms with Gasteiger partial charge in [0.05, 0.1) is 12.0 Å². The summed E-state index contributed by atoms with van der Waals surface area (Å²) >= 11 is 2.00. The van der Waals surface area contributed by atoms with Gasteiger partial charge in [-0.3, -0.25) is 0 Å². The van der Waals surface area contributed by atoms with Gasteiger partial charge in [-0.1, -0.05) is 26.2 Å². The Morgan fingerprint density at radius 3 is 2.82 bits per heavy atom. The van der Waals surface area contributed by atoms with Crippen LogP contribution in [0.4, 0.5) is 0 Å². The smallest absolute Gasteiger partial charge is 0.0672 e. The summed E-state index contributed by atoms with van der Waals surface area (Å²) in [5, 5.41) is 12.9. The molecule has 1 aliphatic carbocycles. The normalized spacial score (nSPS) is 27.1. The van der Waals surface area contributed by atoms with Crippen LogP contribution in [0.3, 0.4) is 0 Å². The van der Waals surface area contributed by atoms with Crippen molar-refractivity contribution >= 4 is 11.8 Å². The molecule has 1 N–H and O–H groups in total. The summed E-state index contributed by atoms with van der Waals surface area (Å²) in [7, 11) is 0. The molecule has 0 heterocycles. The van der Waals surface area contributed by atoms with Crippen molar-refractivity contribution in [3.63, 3.8) is 0 Å². The maximum absolute atomic E-state index is 9.22. The Kier molecular flexibility index (Phi) is 7.72. The van der Waals surface area contributed by atoms with E-state index in [1.54, 1.807) is 0 Å². The van der Waals surface area contributed by atoms with E-state index in [9.17, 15) is 5.26 Å². The van der Waals surface area contributed by atoms with Crippen LogP contribution in [0.25, 0.3) is 0 Å². The van der Waals surface area contributed by atoms with Crippen LogP contribution >= 0.6 is 11.8 Å². The lowest BCUT2D eigenvalue weighted by Gasteiger charge is -2.25. The minimum absolute atomic E-state index is 0.235. The maximum Gasteiger partial charge on any atom is 0.0672 e. The van der Waals surface area contributed by atoms with Crippen molar-refractivity contribution in [1.82, 2.24) is 5.32 Å². The Labute approximate surface area is 111 Å². The topological polar surface area (TPSA) is 35.8 Å². The summed E-state index contributed by atoms with van der Waals surface area (Å²) in [4.78, 5) is 0. The molecule has 0 amide bonds. The molecule has 3 heteroatoms. The van der Waals surface area contributed by atoms with Crippen LogP contribution < -0.4 is 5.32 Å². The molecule has 98 valence electrons.